The van der Waals surface area contributed by atoms with E-state index in [-0.39, 0.29) is 17.2 Å². The Balaban J connectivity index is 1.53. The first-order valence-electron chi connectivity index (χ1n) is 8.64. The third kappa shape index (κ3) is 2.18. The molecule has 21 heavy (non-hydrogen) atoms. The molecular formula is C17H26N2O2. The van der Waals surface area contributed by atoms with Gasteiger partial charge in [-0.3, -0.25) is 9.59 Å². The highest BCUT2D eigenvalue weighted by molar-refractivity contribution is 5.84. The van der Waals surface area contributed by atoms with Crippen LogP contribution in [0.1, 0.15) is 51.4 Å². The molecule has 1 aliphatic heterocycles. The van der Waals surface area contributed by atoms with Gasteiger partial charge in [-0.15, -0.1) is 0 Å². The van der Waals surface area contributed by atoms with E-state index in [4.69, 9.17) is 5.73 Å². The molecule has 1 atom stereocenters. The van der Waals surface area contributed by atoms with Crippen molar-refractivity contribution in [1.29, 1.82) is 0 Å². The first-order chi connectivity index (χ1) is 10.1. The smallest absolute Gasteiger partial charge is 0.228 e. The van der Waals surface area contributed by atoms with Crippen LogP contribution in [0.4, 0.5) is 0 Å². The van der Waals surface area contributed by atoms with Crippen molar-refractivity contribution in [1.82, 2.24) is 4.90 Å². The Labute approximate surface area is 126 Å². The molecule has 0 aromatic heterocycles. The zero-order valence-corrected chi connectivity index (χ0v) is 12.7. The minimum Gasteiger partial charge on any atom is -0.369 e. The fraction of sp³-hybridized carbons (Fsp3) is 0.882. The van der Waals surface area contributed by atoms with Gasteiger partial charge in [-0.25, -0.2) is 0 Å². The molecule has 2 amide bonds. The van der Waals surface area contributed by atoms with E-state index in [1.54, 1.807) is 0 Å². The highest BCUT2D eigenvalue weighted by Gasteiger charge is 2.55. The van der Waals surface area contributed by atoms with Crippen LogP contribution in [0, 0.1) is 29.1 Å². The summed E-state index contributed by atoms with van der Waals surface area (Å²) < 4.78 is 0. The summed E-state index contributed by atoms with van der Waals surface area (Å²) in [5, 5.41) is 0. The van der Waals surface area contributed by atoms with Crippen molar-refractivity contribution < 1.29 is 9.59 Å². The molecule has 2 N–H and O–H groups in total. The fourth-order valence-electron chi connectivity index (χ4n) is 6.10. The highest BCUT2D eigenvalue weighted by atomic mass is 16.2. The number of carbonyl (C=O) groups excluding carboxylic acids is 2. The summed E-state index contributed by atoms with van der Waals surface area (Å²) in [6.07, 6.45) is 9.16. The number of likely N-dealkylation sites (tertiary alicyclic amines) is 1. The number of primary amides is 1. The summed E-state index contributed by atoms with van der Waals surface area (Å²) in [7, 11) is 0. The second kappa shape index (κ2) is 4.72. The topological polar surface area (TPSA) is 63.4 Å². The fourth-order valence-corrected chi connectivity index (χ4v) is 6.10. The van der Waals surface area contributed by atoms with E-state index in [0.29, 0.717) is 12.5 Å². The van der Waals surface area contributed by atoms with Crippen molar-refractivity contribution in [2.75, 3.05) is 13.1 Å². The third-order valence-corrected chi connectivity index (χ3v) is 6.60. The standard InChI is InChI=1S/C17H26N2O2/c18-15(20)14-2-1-3-19(10-14)16(21)17-7-11-4-12(8-17)6-13(5-11)9-17/h11-14H,1-10H2,(H2,18,20). The van der Waals surface area contributed by atoms with Crippen molar-refractivity contribution in [3.05, 3.63) is 0 Å². The average Bonchev–Trinajstić information content (AvgIpc) is 2.45. The number of hydrogen-bond donors (Lipinski definition) is 1. The van der Waals surface area contributed by atoms with E-state index in [9.17, 15) is 9.59 Å². The summed E-state index contributed by atoms with van der Waals surface area (Å²) in [5.74, 6) is 2.35. The van der Waals surface area contributed by atoms with Crippen molar-refractivity contribution in [2.45, 2.75) is 51.4 Å². The van der Waals surface area contributed by atoms with Crippen LogP contribution in [-0.2, 0) is 9.59 Å². The zero-order valence-electron chi connectivity index (χ0n) is 12.7. The van der Waals surface area contributed by atoms with Crippen LogP contribution >= 0.6 is 0 Å². The average molecular weight is 290 g/mol. The molecule has 0 aromatic rings. The molecule has 5 fully saturated rings. The molecule has 4 nitrogen and oxygen atoms in total. The largest absolute Gasteiger partial charge is 0.369 e. The molecule has 5 rings (SSSR count). The molecule has 1 saturated heterocycles. The van der Waals surface area contributed by atoms with Crippen LogP contribution in [0.2, 0.25) is 0 Å². The maximum Gasteiger partial charge on any atom is 0.228 e. The molecule has 1 heterocycles. The molecule has 4 bridgehead atoms. The second-order valence-electron chi connectivity index (χ2n) is 8.19. The van der Waals surface area contributed by atoms with Crippen molar-refractivity contribution in [2.24, 2.45) is 34.8 Å². The van der Waals surface area contributed by atoms with Gasteiger partial charge in [0.25, 0.3) is 0 Å². The van der Waals surface area contributed by atoms with Crippen molar-refractivity contribution in [3.8, 4) is 0 Å². The Morgan fingerprint density at radius 1 is 1.00 bits per heavy atom. The van der Waals surface area contributed by atoms with Gasteiger partial charge in [0.1, 0.15) is 0 Å². The Morgan fingerprint density at radius 2 is 1.57 bits per heavy atom. The zero-order chi connectivity index (χ0) is 14.6. The number of nitrogens with two attached hydrogens (primary N) is 1. The summed E-state index contributed by atoms with van der Waals surface area (Å²) in [6.45, 7) is 1.39. The van der Waals surface area contributed by atoms with Gasteiger partial charge in [0, 0.05) is 13.1 Å². The lowest BCUT2D eigenvalue weighted by Crippen LogP contribution is -2.56. The molecule has 4 aliphatic carbocycles. The SMILES string of the molecule is NC(=O)C1CCCN(C(=O)C23CC4CC(CC(C4)C2)C3)C1. The second-order valence-corrected chi connectivity index (χ2v) is 8.19. The van der Waals surface area contributed by atoms with E-state index in [2.05, 4.69) is 0 Å². The molecule has 1 unspecified atom stereocenters. The first kappa shape index (κ1) is 13.6. The Kier molecular flexibility index (Phi) is 3.05. The lowest BCUT2D eigenvalue weighted by molar-refractivity contribution is -0.159. The van der Waals surface area contributed by atoms with Crippen LogP contribution in [0.5, 0.6) is 0 Å². The van der Waals surface area contributed by atoms with Gasteiger partial charge in [0.15, 0.2) is 0 Å². The summed E-state index contributed by atoms with van der Waals surface area (Å²) in [4.78, 5) is 26.6. The van der Waals surface area contributed by atoms with Crippen LogP contribution in [0.15, 0.2) is 0 Å². The van der Waals surface area contributed by atoms with Crippen molar-refractivity contribution >= 4 is 11.8 Å². The normalized spacial score (nSPS) is 44.9. The summed E-state index contributed by atoms with van der Waals surface area (Å²) in [5.41, 5.74) is 5.38. The van der Waals surface area contributed by atoms with Gasteiger partial charge in [0.05, 0.1) is 11.3 Å². The highest BCUT2D eigenvalue weighted by Crippen LogP contribution is 2.60. The van der Waals surface area contributed by atoms with Crippen molar-refractivity contribution in [3.63, 3.8) is 0 Å². The Morgan fingerprint density at radius 3 is 2.10 bits per heavy atom. The predicted molar refractivity (Wildman–Crippen MR) is 79.1 cm³/mol. The molecule has 4 heteroatoms. The van der Waals surface area contributed by atoms with Crippen LogP contribution in [0.25, 0.3) is 0 Å². The lowest BCUT2D eigenvalue weighted by atomic mass is 9.49. The van der Waals surface area contributed by atoms with E-state index < -0.39 is 0 Å². The molecule has 0 radical (unpaired) electrons. The van der Waals surface area contributed by atoms with Gasteiger partial charge in [-0.1, -0.05) is 0 Å². The van der Waals surface area contributed by atoms with E-state index >= 15 is 0 Å². The molecule has 0 aromatic carbocycles. The maximum absolute atomic E-state index is 13.2. The van der Waals surface area contributed by atoms with Gasteiger partial charge in [0.2, 0.25) is 11.8 Å². The van der Waals surface area contributed by atoms with Crippen LogP contribution in [0.3, 0.4) is 0 Å². The first-order valence-corrected chi connectivity index (χ1v) is 8.64. The number of nitrogens with zero attached hydrogens (tertiary/aromatic N) is 1. The minimum absolute atomic E-state index is 0.0751. The quantitative estimate of drug-likeness (QED) is 0.844. The maximum atomic E-state index is 13.2. The predicted octanol–water partition coefficient (Wildman–Crippen LogP) is 1.93. The minimum atomic E-state index is -0.238. The van der Waals surface area contributed by atoms with Crippen LogP contribution in [-0.4, -0.2) is 29.8 Å². The van der Waals surface area contributed by atoms with Crippen LogP contribution < -0.4 is 5.73 Å². The number of amides is 2. The van der Waals surface area contributed by atoms with Gasteiger partial charge in [-0.2, -0.15) is 0 Å². The van der Waals surface area contributed by atoms with Gasteiger partial charge in [-0.05, 0) is 69.1 Å². The molecule has 116 valence electrons. The third-order valence-electron chi connectivity index (χ3n) is 6.60. The van der Waals surface area contributed by atoms with E-state index in [1.165, 1.54) is 19.3 Å². The lowest BCUT2D eigenvalue weighted by Gasteiger charge is -2.57. The Bertz CT molecular complexity index is 438. The number of piperidine rings is 1. The van der Waals surface area contributed by atoms with E-state index in [0.717, 1.165) is 56.4 Å². The molecule has 0 spiro atoms. The number of carbonyl (C=O) groups is 2. The molecular weight excluding hydrogens is 264 g/mol. The summed E-state index contributed by atoms with van der Waals surface area (Å²) in [6, 6.07) is 0. The monoisotopic (exact) mass is 290 g/mol. The Hall–Kier alpha value is -1.06. The summed E-state index contributed by atoms with van der Waals surface area (Å²) >= 11 is 0. The van der Waals surface area contributed by atoms with E-state index in [1.807, 2.05) is 4.90 Å². The molecule has 5 aliphatic rings. The number of hydrogen-bond acceptors (Lipinski definition) is 2. The number of rotatable bonds is 2. The molecule has 4 saturated carbocycles. The van der Waals surface area contributed by atoms with Gasteiger partial charge < -0.3 is 10.6 Å². The van der Waals surface area contributed by atoms with Gasteiger partial charge >= 0.3 is 0 Å².